The zero-order valence-electron chi connectivity index (χ0n) is 16.9. The van der Waals surface area contributed by atoms with Crippen molar-refractivity contribution in [2.45, 2.75) is 32.4 Å². The molecule has 1 aliphatic heterocycles. The third-order valence-electron chi connectivity index (χ3n) is 5.27. The predicted molar refractivity (Wildman–Crippen MR) is 114 cm³/mol. The molecule has 156 valence electrons. The van der Waals surface area contributed by atoms with E-state index in [9.17, 15) is 9.59 Å². The van der Waals surface area contributed by atoms with Gasteiger partial charge in [0.25, 0.3) is 0 Å². The molecule has 1 N–H and O–H groups in total. The first kappa shape index (κ1) is 19.9. The van der Waals surface area contributed by atoms with Crippen LogP contribution in [0.4, 0.5) is 0 Å². The molecule has 3 aromatic rings. The predicted octanol–water partition coefficient (Wildman–Crippen LogP) is 2.74. The topological polar surface area (TPSA) is 76.5 Å². The molecule has 2 heterocycles. The van der Waals surface area contributed by atoms with Gasteiger partial charge in [-0.1, -0.05) is 30.3 Å². The van der Waals surface area contributed by atoms with E-state index in [-0.39, 0.29) is 25.0 Å². The number of carbonyl (C=O) groups is 2. The Hall–Kier alpha value is -3.35. The average Bonchev–Trinajstić information content (AvgIpc) is 3.42. The molecule has 1 aromatic heterocycles. The number of likely N-dealkylation sites (tertiary alicyclic amines) is 1. The van der Waals surface area contributed by atoms with Gasteiger partial charge in [-0.3, -0.25) is 9.59 Å². The fourth-order valence-electron chi connectivity index (χ4n) is 3.71. The molecule has 1 aliphatic rings. The van der Waals surface area contributed by atoms with Gasteiger partial charge in [0.1, 0.15) is 24.7 Å². The van der Waals surface area contributed by atoms with Crippen LogP contribution in [0.15, 0.2) is 54.6 Å². The average molecular weight is 406 g/mol. The molecule has 1 saturated heterocycles. The van der Waals surface area contributed by atoms with Crippen molar-refractivity contribution in [3.8, 4) is 5.75 Å². The Morgan fingerprint density at radius 2 is 1.73 bits per heavy atom. The number of carbonyl (C=O) groups excluding carboxylic acids is 2. The summed E-state index contributed by atoms with van der Waals surface area (Å²) in [7, 11) is 0. The van der Waals surface area contributed by atoms with E-state index in [1.54, 1.807) is 0 Å². The maximum atomic E-state index is 12.6. The number of fused-ring (bicyclic) bond motifs is 1. The lowest BCUT2D eigenvalue weighted by atomic mass is 10.3. The maximum absolute atomic E-state index is 12.6. The monoisotopic (exact) mass is 406 g/mol. The number of hydrogen-bond acceptors (Lipinski definition) is 4. The zero-order valence-corrected chi connectivity index (χ0v) is 16.9. The molecule has 0 bridgehead atoms. The van der Waals surface area contributed by atoms with Gasteiger partial charge in [0, 0.05) is 26.1 Å². The Labute approximate surface area is 175 Å². The summed E-state index contributed by atoms with van der Waals surface area (Å²) in [6.07, 6.45) is 2.47. The summed E-state index contributed by atoms with van der Waals surface area (Å²) in [5.74, 6) is 1.40. The lowest BCUT2D eigenvalue weighted by molar-refractivity contribution is -0.130. The standard InChI is InChI=1S/C23H26N4O3/c28-22(24-13-12-23(29)26-14-6-7-15-26)16-27-20-11-5-4-10-19(20)25-21(27)17-30-18-8-2-1-3-9-18/h1-5,8-11H,6-7,12-17H2,(H,24,28). The summed E-state index contributed by atoms with van der Waals surface area (Å²) in [5, 5.41) is 2.87. The van der Waals surface area contributed by atoms with Crippen LogP contribution in [0.1, 0.15) is 25.1 Å². The third kappa shape index (κ3) is 4.79. The summed E-state index contributed by atoms with van der Waals surface area (Å²) < 4.78 is 7.72. The Morgan fingerprint density at radius 3 is 2.53 bits per heavy atom. The first-order valence-electron chi connectivity index (χ1n) is 10.4. The quantitative estimate of drug-likeness (QED) is 0.624. The summed E-state index contributed by atoms with van der Waals surface area (Å²) in [4.78, 5) is 31.2. The van der Waals surface area contributed by atoms with E-state index in [0.29, 0.717) is 18.8 Å². The zero-order chi connectivity index (χ0) is 20.8. The SMILES string of the molecule is O=C(Cn1c(COc2ccccc2)nc2ccccc21)NCCC(=O)N1CCCC1. The van der Waals surface area contributed by atoms with Gasteiger partial charge in [0.2, 0.25) is 11.8 Å². The van der Waals surface area contributed by atoms with E-state index in [2.05, 4.69) is 10.3 Å². The Kier molecular flexibility index (Phi) is 6.27. The van der Waals surface area contributed by atoms with Gasteiger partial charge in [0.05, 0.1) is 11.0 Å². The molecular formula is C23H26N4O3. The highest BCUT2D eigenvalue weighted by molar-refractivity contribution is 5.82. The molecule has 0 unspecified atom stereocenters. The number of para-hydroxylation sites is 3. The summed E-state index contributed by atoms with van der Waals surface area (Å²) in [6, 6.07) is 17.2. The van der Waals surface area contributed by atoms with Crippen LogP contribution < -0.4 is 10.1 Å². The number of imidazole rings is 1. The number of benzene rings is 2. The van der Waals surface area contributed by atoms with Crippen molar-refractivity contribution in [3.05, 3.63) is 60.4 Å². The lowest BCUT2D eigenvalue weighted by Gasteiger charge is -2.15. The molecule has 0 saturated carbocycles. The van der Waals surface area contributed by atoms with Crippen LogP contribution in [0.25, 0.3) is 11.0 Å². The summed E-state index contributed by atoms with van der Waals surface area (Å²) >= 11 is 0. The largest absolute Gasteiger partial charge is 0.486 e. The normalized spacial score (nSPS) is 13.5. The highest BCUT2D eigenvalue weighted by Gasteiger charge is 2.18. The van der Waals surface area contributed by atoms with Crippen molar-refractivity contribution in [3.63, 3.8) is 0 Å². The third-order valence-corrected chi connectivity index (χ3v) is 5.27. The smallest absolute Gasteiger partial charge is 0.240 e. The van der Waals surface area contributed by atoms with E-state index in [1.165, 1.54) is 0 Å². The van der Waals surface area contributed by atoms with Crippen molar-refractivity contribution in [2.24, 2.45) is 0 Å². The lowest BCUT2D eigenvalue weighted by Crippen LogP contribution is -2.34. The van der Waals surface area contributed by atoms with E-state index in [4.69, 9.17) is 4.74 Å². The number of amides is 2. The second-order valence-corrected chi connectivity index (χ2v) is 7.39. The van der Waals surface area contributed by atoms with Gasteiger partial charge in [-0.25, -0.2) is 4.98 Å². The first-order chi connectivity index (χ1) is 14.7. The van der Waals surface area contributed by atoms with Crippen molar-refractivity contribution in [1.29, 1.82) is 0 Å². The summed E-state index contributed by atoms with van der Waals surface area (Å²) in [6.45, 7) is 2.40. The van der Waals surface area contributed by atoms with E-state index in [0.717, 1.165) is 42.7 Å². The summed E-state index contributed by atoms with van der Waals surface area (Å²) in [5.41, 5.74) is 1.70. The highest BCUT2D eigenvalue weighted by Crippen LogP contribution is 2.18. The number of ether oxygens (including phenoxy) is 1. The van der Waals surface area contributed by atoms with E-state index < -0.39 is 0 Å². The molecule has 0 atom stereocenters. The van der Waals surface area contributed by atoms with Gasteiger partial charge in [-0.15, -0.1) is 0 Å². The molecule has 7 nitrogen and oxygen atoms in total. The Balaban J connectivity index is 1.39. The molecule has 0 spiro atoms. The van der Waals surface area contributed by atoms with Crippen molar-refractivity contribution in [1.82, 2.24) is 19.8 Å². The molecule has 0 radical (unpaired) electrons. The van der Waals surface area contributed by atoms with Crippen LogP contribution in [0.5, 0.6) is 5.75 Å². The minimum atomic E-state index is -0.145. The van der Waals surface area contributed by atoms with Gasteiger partial charge in [0.15, 0.2) is 0 Å². The van der Waals surface area contributed by atoms with Crippen molar-refractivity contribution >= 4 is 22.8 Å². The van der Waals surface area contributed by atoms with Crippen LogP contribution >= 0.6 is 0 Å². The van der Waals surface area contributed by atoms with Crippen LogP contribution in [-0.4, -0.2) is 45.9 Å². The second-order valence-electron chi connectivity index (χ2n) is 7.39. The van der Waals surface area contributed by atoms with Gasteiger partial charge >= 0.3 is 0 Å². The van der Waals surface area contributed by atoms with Gasteiger partial charge < -0.3 is 19.5 Å². The van der Waals surface area contributed by atoms with Crippen LogP contribution in [0.3, 0.4) is 0 Å². The molecular weight excluding hydrogens is 380 g/mol. The van der Waals surface area contributed by atoms with E-state index in [1.807, 2.05) is 64.1 Å². The molecule has 30 heavy (non-hydrogen) atoms. The number of hydrogen-bond donors (Lipinski definition) is 1. The van der Waals surface area contributed by atoms with Crippen LogP contribution in [-0.2, 0) is 22.7 Å². The van der Waals surface area contributed by atoms with Crippen molar-refractivity contribution < 1.29 is 14.3 Å². The number of nitrogens with zero attached hydrogens (tertiary/aromatic N) is 3. The molecule has 1 fully saturated rings. The van der Waals surface area contributed by atoms with Gasteiger partial charge in [-0.05, 0) is 37.1 Å². The highest BCUT2D eigenvalue weighted by atomic mass is 16.5. The first-order valence-corrected chi connectivity index (χ1v) is 10.4. The fourth-order valence-corrected chi connectivity index (χ4v) is 3.71. The van der Waals surface area contributed by atoms with Crippen molar-refractivity contribution in [2.75, 3.05) is 19.6 Å². The number of aromatic nitrogens is 2. The second kappa shape index (κ2) is 9.43. The molecule has 0 aliphatic carbocycles. The van der Waals surface area contributed by atoms with Crippen LogP contribution in [0, 0.1) is 0 Å². The van der Waals surface area contributed by atoms with Crippen LogP contribution in [0.2, 0.25) is 0 Å². The molecule has 4 rings (SSSR count). The number of rotatable bonds is 8. The molecule has 2 amide bonds. The molecule has 2 aromatic carbocycles. The Bertz CT molecular complexity index is 1010. The molecule has 7 heteroatoms. The maximum Gasteiger partial charge on any atom is 0.240 e. The minimum Gasteiger partial charge on any atom is -0.486 e. The minimum absolute atomic E-state index is 0.109. The Morgan fingerprint density at radius 1 is 1.00 bits per heavy atom. The number of nitrogens with one attached hydrogen (secondary N) is 1. The van der Waals surface area contributed by atoms with E-state index >= 15 is 0 Å². The fraction of sp³-hybridized carbons (Fsp3) is 0.348. The van der Waals surface area contributed by atoms with Gasteiger partial charge in [-0.2, -0.15) is 0 Å².